The number of anilines is 1. The van der Waals surface area contributed by atoms with Crippen LogP contribution in [0.1, 0.15) is 17.5 Å². The van der Waals surface area contributed by atoms with E-state index in [1.165, 1.54) is 4.90 Å². The molecule has 2 atom stereocenters. The van der Waals surface area contributed by atoms with Crippen LogP contribution in [-0.2, 0) is 0 Å². The summed E-state index contributed by atoms with van der Waals surface area (Å²) in [5.41, 5.74) is 0. The minimum Gasteiger partial charge on any atom is -0.480 e. The number of halogens is 2. The molecule has 1 saturated heterocycles. The van der Waals surface area contributed by atoms with Crippen LogP contribution < -0.4 is 9.64 Å². The number of amides is 2. The minimum atomic E-state index is -1.03. The molecule has 0 radical (unpaired) electrons. The van der Waals surface area contributed by atoms with Crippen molar-refractivity contribution < 1.29 is 23.4 Å². The number of rotatable bonds is 6. The maximum atomic E-state index is 13.8. The lowest BCUT2D eigenvalue weighted by Gasteiger charge is -2.16. The minimum absolute atomic E-state index is 0.148. The van der Waals surface area contributed by atoms with E-state index < -0.39 is 30.0 Å². The lowest BCUT2D eigenvalue weighted by molar-refractivity contribution is 0.183. The molecule has 0 aliphatic carbocycles. The van der Waals surface area contributed by atoms with Crippen molar-refractivity contribution in [3.8, 4) is 5.75 Å². The maximum absolute atomic E-state index is 13.8. The molecule has 0 bridgehead atoms. The maximum Gasteiger partial charge on any atom is 0.328 e. The molecule has 1 fully saturated rings. The van der Waals surface area contributed by atoms with Gasteiger partial charge in [-0.3, -0.25) is 0 Å². The number of hydrogen-bond donors (Lipinski definition) is 1. The summed E-state index contributed by atoms with van der Waals surface area (Å²) in [7, 11) is 1.56. The summed E-state index contributed by atoms with van der Waals surface area (Å²) in [6.45, 7) is 3.77. The number of carbonyl (C=O) groups is 1. The van der Waals surface area contributed by atoms with Gasteiger partial charge in [0.2, 0.25) is 5.13 Å². The number of aliphatic hydroxyl groups is 1. The predicted molar refractivity (Wildman–Crippen MR) is 91.0 cm³/mol. The van der Waals surface area contributed by atoms with Crippen molar-refractivity contribution >= 4 is 22.5 Å². The second kappa shape index (κ2) is 7.34. The summed E-state index contributed by atoms with van der Waals surface area (Å²) in [5.74, 6) is -1.60. The van der Waals surface area contributed by atoms with Crippen molar-refractivity contribution in [2.24, 2.45) is 0 Å². The first-order valence-electron chi connectivity index (χ1n) is 7.69. The van der Waals surface area contributed by atoms with Gasteiger partial charge in [0.1, 0.15) is 5.82 Å². The molecule has 2 amide bonds. The Hall–Kier alpha value is -2.59. The van der Waals surface area contributed by atoms with Crippen LogP contribution in [0.25, 0.3) is 0 Å². The molecule has 1 aliphatic heterocycles. The third kappa shape index (κ3) is 3.51. The Balaban J connectivity index is 1.85. The summed E-state index contributed by atoms with van der Waals surface area (Å²) < 4.78 is 32.7. The van der Waals surface area contributed by atoms with Crippen molar-refractivity contribution in [2.45, 2.75) is 18.8 Å². The summed E-state index contributed by atoms with van der Waals surface area (Å²) in [4.78, 5) is 14.6. The van der Waals surface area contributed by atoms with E-state index >= 15 is 0 Å². The van der Waals surface area contributed by atoms with Gasteiger partial charge in [-0.1, -0.05) is 17.4 Å². The van der Waals surface area contributed by atoms with E-state index in [2.05, 4.69) is 16.8 Å². The first-order valence-corrected chi connectivity index (χ1v) is 8.50. The molecule has 1 N–H and O–H groups in total. The van der Waals surface area contributed by atoms with Crippen molar-refractivity contribution in [3.05, 3.63) is 47.5 Å². The van der Waals surface area contributed by atoms with E-state index in [1.54, 1.807) is 13.1 Å². The third-order valence-electron chi connectivity index (χ3n) is 3.72. The number of hydrogen-bond acceptors (Lipinski definition) is 6. The molecule has 26 heavy (non-hydrogen) atoms. The molecule has 10 heteroatoms. The van der Waals surface area contributed by atoms with E-state index in [4.69, 9.17) is 4.74 Å². The summed E-state index contributed by atoms with van der Waals surface area (Å²) in [6, 6.07) is 2.49. The van der Waals surface area contributed by atoms with Gasteiger partial charge >= 0.3 is 6.03 Å². The molecule has 2 heterocycles. The lowest BCUT2D eigenvalue weighted by atomic mass is 10.2. The molecule has 1 aromatic carbocycles. The lowest BCUT2D eigenvalue weighted by Crippen LogP contribution is -2.34. The van der Waals surface area contributed by atoms with Crippen LogP contribution in [0, 0.1) is 11.6 Å². The Morgan fingerprint density at radius 1 is 1.50 bits per heavy atom. The number of ether oxygens (including phenoxy) is 1. The molecule has 138 valence electrons. The molecule has 0 saturated carbocycles. The number of likely N-dealkylation sites (N-methyl/N-ethyl adjacent to an activating group) is 1. The highest BCUT2D eigenvalue weighted by Gasteiger charge is 2.37. The molecule has 2 unspecified atom stereocenters. The average Bonchev–Trinajstić information content (AvgIpc) is 3.15. The summed E-state index contributed by atoms with van der Waals surface area (Å²) >= 11 is 1.02. The molecule has 7 nitrogen and oxygen atoms in total. The van der Waals surface area contributed by atoms with Crippen LogP contribution >= 0.6 is 11.3 Å². The van der Waals surface area contributed by atoms with Gasteiger partial charge in [-0.2, -0.15) is 0 Å². The first-order chi connectivity index (χ1) is 12.4. The normalized spacial score (nSPS) is 18.3. The molecular formula is C16H16F2N4O3S. The Morgan fingerprint density at radius 3 is 2.92 bits per heavy atom. The quantitative estimate of drug-likeness (QED) is 0.777. The van der Waals surface area contributed by atoms with Crippen LogP contribution in [0.3, 0.4) is 0 Å². The monoisotopic (exact) mass is 382 g/mol. The number of aromatic nitrogens is 2. The Morgan fingerprint density at radius 2 is 2.27 bits per heavy atom. The zero-order chi connectivity index (χ0) is 18.8. The SMILES string of the molecule is C=CCC(Oc1cc(F)ccc1F)c1nnc(N2C(=O)N(C)CC2O)s1. The van der Waals surface area contributed by atoms with Gasteiger partial charge in [-0.25, -0.2) is 18.5 Å². The summed E-state index contributed by atoms with van der Waals surface area (Å²) in [5, 5.41) is 18.4. The number of urea groups is 1. The van der Waals surface area contributed by atoms with Crippen LogP contribution in [0.15, 0.2) is 30.9 Å². The Labute approximate surface area is 152 Å². The first kappa shape index (κ1) is 18.2. The molecule has 0 spiro atoms. The molecule has 3 rings (SSSR count). The van der Waals surface area contributed by atoms with E-state index in [1.807, 2.05) is 0 Å². The van der Waals surface area contributed by atoms with Crippen molar-refractivity contribution in [1.29, 1.82) is 0 Å². The van der Waals surface area contributed by atoms with E-state index in [0.29, 0.717) is 5.01 Å². The average molecular weight is 382 g/mol. The molecule has 1 aliphatic rings. The van der Waals surface area contributed by atoms with E-state index in [-0.39, 0.29) is 23.8 Å². The highest BCUT2D eigenvalue weighted by molar-refractivity contribution is 7.15. The van der Waals surface area contributed by atoms with Crippen LogP contribution in [0.5, 0.6) is 5.75 Å². The van der Waals surface area contributed by atoms with E-state index in [0.717, 1.165) is 34.4 Å². The largest absolute Gasteiger partial charge is 0.480 e. The third-order valence-corrected chi connectivity index (χ3v) is 4.74. The second-order valence-corrected chi connectivity index (χ2v) is 6.63. The van der Waals surface area contributed by atoms with Gasteiger partial charge in [-0.05, 0) is 12.1 Å². The van der Waals surface area contributed by atoms with Gasteiger partial charge < -0.3 is 14.7 Å². The molecule has 2 aromatic rings. The van der Waals surface area contributed by atoms with Crippen LogP contribution in [-0.4, -0.2) is 46.1 Å². The number of benzene rings is 1. The van der Waals surface area contributed by atoms with Crippen molar-refractivity contribution in [1.82, 2.24) is 15.1 Å². The fourth-order valence-corrected chi connectivity index (χ4v) is 3.38. The van der Waals surface area contributed by atoms with Crippen molar-refractivity contribution in [2.75, 3.05) is 18.5 Å². The molecular weight excluding hydrogens is 366 g/mol. The van der Waals surface area contributed by atoms with Gasteiger partial charge in [0.05, 0.1) is 6.54 Å². The highest BCUT2D eigenvalue weighted by Crippen LogP contribution is 2.33. The number of nitrogens with zero attached hydrogens (tertiary/aromatic N) is 4. The highest BCUT2D eigenvalue weighted by atomic mass is 32.1. The standard InChI is InChI=1S/C16H16F2N4O3S/c1-3-4-11(25-12-7-9(17)5-6-10(12)18)14-19-20-15(26-14)22-13(23)8-21(2)16(22)24/h3,5-7,11,13,23H,1,4,8H2,2H3. The van der Waals surface area contributed by atoms with Crippen LogP contribution in [0.2, 0.25) is 0 Å². The smallest absolute Gasteiger partial charge is 0.328 e. The van der Waals surface area contributed by atoms with Gasteiger partial charge in [0, 0.05) is 19.5 Å². The number of aliphatic hydroxyl groups excluding tert-OH is 1. The molecule has 1 aromatic heterocycles. The Kier molecular flexibility index (Phi) is 5.14. The fourth-order valence-electron chi connectivity index (χ4n) is 2.45. The number of β-amino-alcohol motifs (C(OH)–C–C–N with tert-alkyl or cyclic N) is 1. The van der Waals surface area contributed by atoms with Gasteiger partial charge in [0.25, 0.3) is 0 Å². The van der Waals surface area contributed by atoms with Gasteiger partial charge in [-0.15, -0.1) is 16.8 Å². The number of carbonyl (C=O) groups excluding carboxylic acids is 1. The zero-order valence-corrected chi connectivity index (χ0v) is 14.6. The zero-order valence-electron chi connectivity index (χ0n) is 13.8. The predicted octanol–water partition coefficient (Wildman–Crippen LogP) is 2.70. The van der Waals surface area contributed by atoms with Crippen molar-refractivity contribution in [3.63, 3.8) is 0 Å². The van der Waals surface area contributed by atoms with E-state index in [9.17, 15) is 18.7 Å². The second-order valence-electron chi connectivity index (χ2n) is 5.64. The topological polar surface area (TPSA) is 78.8 Å². The Bertz CT molecular complexity index is 832. The fraction of sp³-hybridized carbons (Fsp3) is 0.312. The summed E-state index contributed by atoms with van der Waals surface area (Å²) in [6.07, 6.45) is 0.0171. The van der Waals surface area contributed by atoms with Crippen LogP contribution in [0.4, 0.5) is 18.7 Å². The van der Waals surface area contributed by atoms with Gasteiger partial charge in [0.15, 0.2) is 28.9 Å².